The molecule has 1 aliphatic rings. The highest BCUT2D eigenvalue weighted by molar-refractivity contribution is 9.10. The maximum Gasteiger partial charge on any atom is 0.419 e. The van der Waals surface area contributed by atoms with Crippen molar-refractivity contribution < 1.29 is 14.3 Å². The topological polar surface area (TPSA) is 108 Å². The number of aromatic amines is 1. The highest BCUT2D eigenvalue weighted by atomic mass is 79.9. The minimum atomic E-state index is -0.680. The van der Waals surface area contributed by atoms with E-state index in [2.05, 4.69) is 55.6 Å². The number of carbonyl (C=O) groups is 1. The first-order valence-electron chi connectivity index (χ1n) is 14.3. The van der Waals surface area contributed by atoms with Crippen molar-refractivity contribution in [3.05, 3.63) is 75.5 Å². The van der Waals surface area contributed by atoms with Gasteiger partial charge < -0.3 is 9.47 Å². The minimum absolute atomic E-state index is 0.398. The van der Waals surface area contributed by atoms with Crippen LogP contribution >= 0.6 is 15.9 Å². The van der Waals surface area contributed by atoms with Crippen molar-refractivity contribution in [2.24, 2.45) is 0 Å². The monoisotopic (exact) mass is 628 g/mol. The van der Waals surface area contributed by atoms with E-state index in [1.807, 2.05) is 57.2 Å². The molecule has 3 aromatic heterocycles. The zero-order valence-corrected chi connectivity index (χ0v) is 25.8. The molecule has 0 amide bonds. The predicted octanol–water partition coefficient (Wildman–Crippen LogP) is 7.45. The van der Waals surface area contributed by atoms with E-state index in [9.17, 15) is 4.79 Å². The SMILES string of the molecule is CCc1cc(OCc2ccc3c(c2)c(Br)c(-c2ccccc2-c2nnn[nH]2)n3C(=O)OC(C)(C)C)c2c(n1)CCCC2. The average Bonchev–Trinajstić information content (AvgIpc) is 3.61. The second kappa shape index (κ2) is 11.3. The number of pyridine rings is 1. The van der Waals surface area contributed by atoms with Gasteiger partial charge in [-0.05, 0) is 96.9 Å². The van der Waals surface area contributed by atoms with Gasteiger partial charge in [-0.2, -0.15) is 0 Å². The lowest BCUT2D eigenvalue weighted by Crippen LogP contribution is -2.27. The van der Waals surface area contributed by atoms with Crippen molar-refractivity contribution in [2.75, 3.05) is 0 Å². The van der Waals surface area contributed by atoms with Gasteiger partial charge in [0.25, 0.3) is 0 Å². The lowest BCUT2D eigenvalue weighted by atomic mass is 9.94. The normalized spacial score (nSPS) is 13.3. The number of nitrogens with zero attached hydrogens (tertiary/aromatic N) is 5. The first-order valence-corrected chi connectivity index (χ1v) is 15.1. The van der Waals surface area contributed by atoms with Crippen LogP contribution in [0.2, 0.25) is 0 Å². The van der Waals surface area contributed by atoms with Gasteiger partial charge in [0, 0.05) is 39.5 Å². The number of hydrogen-bond donors (Lipinski definition) is 1. The van der Waals surface area contributed by atoms with Crippen molar-refractivity contribution in [1.82, 2.24) is 30.2 Å². The van der Waals surface area contributed by atoms with E-state index < -0.39 is 11.7 Å². The Balaban J connectivity index is 1.44. The molecule has 2 aromatic carbocycles. The van der Waals surface area contributed by atoms with Gasteiger partial charge in [-0.1, -0.05) is 37.3 Å². The Morgan fingerprint density at radius 1 is 1.07 bits per heavy atom. The summed E-state index contributed by atoms with van der Waals surface area (Å²) in [6.07, 6.45) is 4.72. The molecule has 0 saturated carbocycles. The number of ether oxygens (including phenoxy) is 2. The first kappa shape index (κ1) is 28.1. The lowest BCUT2D eigenvalue weighted by molar-refractivity contribution is 0.0547. The number of tetrazole rings is 1. The number of carbonyl (C=O) groups excluding carboxylic acids is 1. The molecule has 0 aliphatic heterocycles. The molecule has 216 valence electrons. The van der Waals surface area contributed by atoms with Crippen LogP contribution < -0.4 is 4.74 Å². The largest absolute Gasteiger partial charge is 0.488 e. The van der Waals surface area contributed by atoms with Crippen molar-refractivity contribution >= 4 is 32.9 Å². The van der Waals surface area contributed by atoms with E-state index in [0.717, 1.165) is 69.2 Å². The molecule has 1 N–H and O–H groups in total. The lowest BCUT2D eigenvalue weighted by Gasteiger charge is -2.21. The zero-order valence-electron chi connectivity index (χ0n) is 24.2. The van der Waals surface area contributed by atoms with E-state index in [4.69, 9.17) is 14.5 Å². The van der Waals surface area contributed by atoms with Gasteiger partial charge in [-0.3, -0.25) is 4.98 Å². The molecule has 0 fully saturated rings. The van der Waals surface area contributed by atoms with Gasteiger partial charge in [0.1, 0.15) is 18.0 Å². The van der Waals surface area contributed by atoms with Gasteiger partial charge in [-0.15, -0.1) is 5.10 Å². The summed E-state index contributed by atoms with van der Waals surface area (Å²) in [7, 11) is 0. The Kier molecular flexibility index (Phi) is 7.57. The third-order valence-electron chi connectivity index (χ3n) is 7.40. The van der Waals surface area contributed by atoms with Crippen LogP contribution in [0.5, 0.6) is 5.75 Å². The summed E-state index contributed by atoms with van der Waals surface area (Å²) in [6.45, 7) is 8.09. The maximum absolute atomic E-state index is 13.7. The van der Waals surface area contributed by atoms with Crippen LogP contribution in [0.4, 0.5) is 4.79 Å². The van der Waals surface area contributed by atoms with E-state index >= 15 is 0 Å². The van der Waals surface area contributed by atoms with Crippen LogP contribution in [0, 0.1) is 0 Å². The maximum atomic E-state index is 13.7. The molecule has 0 bridgehead atoms. The quantitative estimate of drug-likeness (QED) is 0.208. The number of halogens is 1. The van der Waals surface area contributed by atoms with Crippen LogP contribution in [0.3, 0.4) is 0 Å². The predicted molar refractivity (Wildman–Crippen MR) is 164 cm³/mol. The number of aromatic nitrogens is 6. The molecule has 9 nitrogen and oxygen atoms in total. The summed E-state index contributed by atoms with van der Waals surface area (Å²) in [5, 5.41) is 15.3. The second-order valence-corrected chi connectivity index (χ2v) is 12.3. The van der Waals surface area contributed by atoms with E-state index in [1.165, 1.54) is 17.7 Å². The number of benzene rings is 2. The summed E-state index contributed by atoms with van der Waals surface area (Å²) in [4.78, 5) is 18.6. The van der Waals surface area contributed by atoms with Crippen molar-refractivity contribution in [3.8, 4) is 28.4 Å². The summed E-state index contributed by atoms with van der Waals surface area (Å²) >= 11 is 3.84. The van der Waals surface area contributed by atoms with E-state index in [-0.39, 0.29) is 0 Å². The molecule has 10 heteroatoms. The van der Waals surface area contributed by atoms with Crippen LogP contribution in [-0.4, -0.2) is 41.9 Å². The fourth-order valence-corrected chi connectivity index (χ4v) is 6.20. The van der Waals surface area contributed by atoms with Gasteiger partial charge in [0.05, 0.1) is 15.7 Å². The van der Waals surface area contributed by atoms with Gasteiger partial charge in [0.2, 0.25) is 0 Å². The Hall–Kier alpha value is -4.05. The molecular formula is C32H33BrN6O3. The molecular weight excluding hydrogens is 596 g/mol. The molecule has 0 radical (unpaired) electrons. The standard InChI is InChI=1S/C32H33BrN6O3/c1-5-20-17-27(23-12-8-9-13-25(23)34-20)41-18-19-14-15-26-24(16-19)28(33)29(39(26)31(40)42-32(2,3)4)21-10-6-7-11-22(21)30-35-37-38-36-30/h6-7,10-11,14-17H,5,8-9,12-13,18H2,1-4H3,(H,35,36,37,38). The van der Waals surface area contributed by atoms with Crippen molar-refractivity contribution in [3.63, 3.8) is 0 Å². The number of nitrogens with one attached hydrogen (secondary N) is 1. The van der Waals surface area contributed by atoms with Gasteiger partial charge in [-0.25, -0.2) is 14.5 Å². The van der Waals surface area contributed by atoms with Crippen molar-refractivity contribution in [2.45, 2.75) is 72.0 Å². The number of rotatable bonds is 6. The first-order chi connectivity index (χ1) is 20.2. The number of fused-ring (bicyclic) bond motifs is 2. The molecule has 0 saturated heterocycles. The summed E-state index contributed by atoms with van der Waals surface area (Å²) in [5.74, 6) is 1.43. The summed E-state index contributed by atoms with van der Waals surface area (Å²) in [5.41, 5.74) is 6.68. The molecule has 3 heterocycles. The highest BCUT2D eigenvalue weighted by Crippen LogP contribution is 2.42. The van der Waals surface area contributed by atoms with Crippen molar-refractivity contribution in [1.29, 1.82) is 0 Å². The third kappa shape index (κ3) is 5.43. The second-order valence-electron chi connectivity index (χ2n) is 11.5. The fourth-order valence-electron chi connectivity index (χ4n) is 5.49. The molecule has 0 unspecified atom stereocenters. The summed E-state index contributed by atoms with van der Waals surface area (Å²) in [6, 6.07) is 15.8. The molecule has 1 aliphatic carbocycles. The number of H-pyrrole nitrogens is 1. The molecule has 0 spiro atoms. The minimum Gasteiger partial charge on any atom is -0.488 e. The van der Waals surface area contributed by atoms with Crippen LogP contribution in [0.15, 0.2) is 53.0 Å². The smallest absolute Gasteiger partial charge is 0.419 e. The molecule has 6 rings (SSSR count). The number of aryl methyl sites for hydroxylation is 2. The summed E-state index contributed by atoms with van der Waals surface area (Å²) < 4.78 is 14.7. The van der Waals surface area contributed by atoms with Crippen LogP contribution in [-0.2, 0) is 30.6 Å². The molecule has 0 atom stereocenters. The Morgan fingerprint density at radius 3 is 2.60 bits per heavy atom. The Morgan fingerprint density at radius 2 is 1.86 bits per heavy atom. The van der Waals surface area contributed by atoms with Gasteiger partial charge >= 0.3 is 6.09 Å². The van der Waals surface area contributed by atoms with Crippen LogP contribution in [0.1, 0.15) is 63.1 Å². The Bertz CT molecular complexity index is 1770. The highest BCUT2D eigenvalue weighted by Gasteiger charge is 2.28. The molecule has 5 aromatic rings. The fraction of sp³-hybridized carbons (Fsp3) is 0.344. The van der Waals surface area contributed by atoms with E-state index in [1.54, 1.807) is 4.57 Å². The molecule has 42 heavy (non-hydrogen) atoms. The van der Waals surface area contributed by atoms with E-state index in [0.29, 0.717) is 18.1 Å². The average molecular weight is 630 g/mol. The zero-order chi connectivity index (χ0) is 29.4. The van der Waals surface area contributed by atoms with Gasteiger partial charge in [0.15, 0.2) is 5.82 Å². The number of hydrogen-bond acceptors (Lipinski definition) is 7. The van der Waals surface area contributed by atoms with Crippen LogP contribution in [0.25, 0.3) is 33.5 Å². The Labute approximate surface area is 252 Å². The third-order valence-corrected chi connectivity index (χ3v) is 8.20.